The molecule has 0 spiro atoms. The Morgan fingerprint density at radius 3 is 1.94 bits per heavy atom. The molecule has 0 bridgehead atoms. The normalized spacial score (nSPS) is 17.4. The van der Waals surface area contributed by atoms with E-state index >= 15 is 0 Å². The van der Waals surface area contributed by atoms with E-state index in [9.17, 15) is 0 Å². The Bertz CT molecular complexity index is 2420. The van der Waals surface area contributed by atoms with E-state index in [1.54, 1.807) is 0 Å². The Labute approximate surface area is 280 Å². The molecule has 48 heavy (non-hydrogen) atoms. The number of benzene rings is 5. The lowest BCUT2D eigenvalue weighted by Gasteiger charge is -2.36. The Morgan fingerprint density at radius 2 is 1.25 bits per heavy atom. The number of pyridine rings is 2. The van der Waals surface area contributed by atoms with Crippen LogP contribution < -0.4 is 0 Å². The van der Waals surface area contributed by atoms with E-state index in [4.69, 9.17) is 9.98 Å². The summed E-state index contributed by atoms with van der Waals surface area (Å²) in [4.78, 5) is 17.2. The average Bonchev–Trinajstić information content (AvgIpc) is 3.13. The zero-order valence-electron chi connectivity index (χ0n) is 27.0. The number of hydrogen-bond acceptors (Lipinski definition) is 4. The molecule has 0 radical (unpaired) electrons. The van der Waals surface area contributed by atoms with Crippen LogP contribution in [0.5, 0.6) is 0 Å². The summed E-state index contributed by atoms with van der Waals surface area (Å²) >= 11 is 0. The van der Waals surface area contributed by atoms with Gasteiger partial charge < -0.3 is 4.90 Å². The zero-order valence-corrected chi connectivity index (χ0v) is 27.0. The molecule has 0 fully saturated rings. The Kier molecular flexibility index (Phi) is 6.75. The molecule has 4 nitrogen and oxygen atoms in total. The first kappa shape index (κ1) is 28.4. The van der Waals surface area contributed by atoms with Gasteiger partial charge in [-0.15, -0.1) is 0 Å². The minimum absolute atomic E-state index is 0.0656. The lowest BCUT2D eigenvalue weighted by Crippen LogP contribution is -2.31. The number of dihydropyridines is 1. The number of aromatic nitrogens is 2. The number of aliphatic imine (C=N–C) groups is 1. The van der Waals surface area contributed by atoms with E-state index in [2.05, 4.69) is 139 Å². The highest BCUT2D eigenvalue weighted by molar-refractivity contribution is 6.23. The Hall–Kier alpha value is -5.87. The predicted octanol–water partition coefficient (Wildman–Crippen LogP) is 10.4. The number of nitrogens with zero attached hydrogens (tertiary/aromatic N) is 4. The van der Waals surface area contributed by atoms with Gasteiger partial charge in [0.1, 0.15) is 0 Å². The van der Waals surface area contributed by atoms with Gasteiger partial charge in [-0.2, -0.15) is 0 Å². The maximum absolute atomic E-state index is 5.10. The summed E-state index contributed by atoms with van der Waals surface area (Å²) in [7, 11) is 2.19. The molecule has 0 N–H and O–H groups in total. The summed E-state index contributed by atoms with van der Waals surface area (Å²) < 4.78 is 0. The lowest BCUT2D eigenvalue weighted by atomic mass is 9.80. The molecule has 2 aromatic heterocycles. The SMILES string of the molecule is CC1CC=CC(C2c3ccccc3C(c3c4ccccc4c(-c4cnc(-c5ccccn5)c5ccccc45)c4ccccc34)=CN2C)=N1. The predicted molar refractivity (Wildman–Crippen MR) is 200 cm³/mol. The van der Waals surface area contributed by atoms with Crippen molar-refractivity contribution in [3.63, 3.8) is 0 Å². The zero-order chi connectivity index (χ0) is 32.2. The van der Waals surface area contributed by atoms with Crippen LogP contribution in [0.2, 0.25) is 0 Å². The molecular formula is C44H34N4. The highest BCUT2D eigenvalue weighted by atomic mass is 15.1. The van der Waals surface area contributed by atoms with Gasteiger partial charge >= 0.3 is 0 Å². The van der Waals surface area contributed by atoms with Gasteiger partial charge in [0.2, 0.25) is 0 Å². The molecule has 7 aromatic rings. The van der Waals surface area contributed by atoms with Crippen molar-refractivity contribution >= 4 is 43.6 Å². The van der Waals surface area contributed by atoms with Crippen molar-refractivity contribution in [1.82, 2.24) is 14.9 Å². The fraction of sp³-hybridized carbons (Fsp3) is 0.114. The van der Waals surface area contributed by atoms with E-state index in [0.717, 1.165) is 39.9 Å². The van der Waals surface area contributed by atoms with Gasteiger partial charge in [-0.25, -0.2) is 0 Å². The van der Waals surface area contributed by atoms with Crippen LogP contribution in [0.1, 0.15) is 36.1 Å². The molecular weight excluding hydrogens is 585 g/mol. The van der Waals surface area contributed by atoms with Crippen molar-refractivity contribution in [2.24, 2.45) is 4.99 Å². The number of hydrogen-bond donors (Lipinski definition) is 0. The van der Waals surface area contributed by atoms with Gasteiger partial charge in [0, 0.05) is 42.2 Å². The molecule has 5 aromatic carbocycles. The quantitative estimate of drug-likeness (QED) is 0.184. The smallest absolute Gasteiger partial charge is 0.0964 e. The first-order chi connectivity index (χ1) is 23.7. The second-order valence-corrected chi connectivity index (χ2v) is 12.9. The summed E-state index contributed by atoms with van der Waals surface area (Å²) in [6.07, 6.45) is 11.7. The summed E-state index contributed by atoms with van der Waals surface area (Å²) in [5.74, 6) is 0. The van der Waals surface area contributed by atoms with Gasteiger partial charge in [0.15, 0.2) is 0 Å². The van der Waals surface area contributed by atoms with E-state index in [1.807, 2.05) is 30.6 Å². The molecule has 2 aliphatic heterocycles. The molecule has 2 unspecified atom stereocenters. The first-order valence-electron chi connectivity index (χ1n) is 16.7. The molecule has 0 amide bonds. The van der Waals surface area contributed by atoms with Crippen LogP contribution in [0.25, 0.3) is 60.4 Å². The van der Waals surface area contributed by atoms with Crippen molar-refractivity contribution < 1.29 is 0 Å². The molecule has 0 saturated carbocycles. The van der Waals surface area contributed by atoms with E-state index in [-0.39, 0.29) is 6.04 Å². The van der Waals surface area contributed by atoms with E-state index < -0.39 is 0 Å². The van der Waals surface area contributed by atoms with E-state index in [1.165, 1.54) is 49.4 Å². The summed E-state index contributed by atoms with van der Waals surface area (Å²) in [6, 6.07) is 41.6. The maximum atomic E-state index is 5.10. The van der Waals surface area contributed by atoms with Crippen molar-refractivity contribution in [3.05, 3.63) is 163 Å². The van der Waals surface area contributed by atoms with Crippen LogP contribution in [0, 0.1) is 0 Å². The molecule has 9 rings (SSSR count). The molecule has 2 aliphatic rings. The molecule has 2 atom stereocenters. The topological polar surface area (TPSA) is 41.4 Å². The number of rotatable bonds is 4. The van der Waals surface area contributed by atoms with Crippen LogP contribution >= 0.6 is 0 Å². The van der Waals surface area contributed by atoms with Crippen LogP contribution in [0.3, 0.4) is 0 Å². The Balaban J connectivity index is 1.32. The average molecular weight is 619 g/mol. The highest BCUT2D eigenvalue weighted by Crippen LogP contribution is 2.48. The summed E-state index contributed by atoms with van der Waals surface area (Å²) in [5, 5.41) is 7.12. The molecule has 0 saturated heterocycles. The van der Waals surface area contributed by atoms with Crippen LogP contribution in [-0.2, 0) is 0 Å². The van der Waals surface area contributed by atoms with Crippen molar-refractivity contribution in [1.29, 1.82) is 0 Å². The maximum Gasteiger partial charge on any atom is 0.0964 e. The van der Waals surface area contributed by atoms with Crippen LogP contribution in [0.15, 0.2) is 151 Å². The summed E-state index contributed by atoms with van der Waals surface area (Å²) in [6.45, 7) is 2.20. The minimum Gasteiger partial charge on any atom is -0.367 e. The lowest BCUT2D eigenvalue weighted by molar-refractivity contribution is 0.408. The number of fused-ring (bicyclic) bond motifs is 4. The van der Waals surface area contributed by atoms with Gasteiger partial charge in [-0.1, -0.05) is 109 Å². The molecule has 0 aliphatic carbocycles. The third-order valence-corrected chi connectivity index (χ3v) is 9.87. The standard InChI is InChI=1S/C44H34N4/c1-28-14-13-24-40(47-28)44-36-22-10-4-16-30(36)38(27-48(44)2)42-33-19-7-5-17-31(33)41(32-18-6-8-20-34(32)42)37-26-46-43(39-23-11-12-25-45-39)35-21-9-3-15-29(35)37/h3-13,15-28,44H,14H2,1-2H3. The summed E-state index contributed by atoms with van der Waals surface area (Å²) in [5.41, 5.74) is 10.2. The largest absolute Gasteiger partial charge is 0.367 e. The van der Waals surface area contributed by atoms with E-state index in [0.29, 0.717) is 6.04 Å². The fourth-order valence-electron chi connectivity index (χ4n) is 7.82. The third kappa shape index (κ3) is 4.48. The van der Waals surface area contributed by atoms with Crippen molar-refractivity contribution in [2.45, 2.75) is 25.4 Å². The monoisotopic (exact) mass is 618 g/mol. The van der Waals surface area contributed by atoms with Gasteiger partial charge in [0.25, 0.3) is 0 Å². The fourth-order valence-corrected chi connectivity index (χ4v) is 7.82. The molecule has 230 valence electrons. The van der Waals surface area contributed by atoms with Gasteiger partial charge in [-0.3, -0.25) is 15.0 Å². The second-order valence-electron chi connectivity index (χ2n) is 12.9. The Morgan fingerprint density at radius 1 is 0.625 bits per heavy atom. The highest BCUT2D eigenvalue weighted by Gasteiger charge is 2.31. The van der Waals surface area contributed by atoms with Crippen molar-refractivity contribution in [2.75, 3.05) is 7.05 Å². The molecule has 4 heteroatoms. The van der Waals surface area contributed by atoms with Crippen LogP contribution in [0.4, 0.5) is 0 Å². The molecule has 4 heterocycles. The van der Waals surface area contributed by atoms with Gasteiger partial charge in [-0.05, 0) is 80.7 Å². The van der Waals surface area contributed by atoms with Crippen molar-refractivity contribution in [3.8, 4) is 22.5 Å². The van der Waals surface area contributed by atoms with Gasteiger partial charge in [0.05, 0.1) is 29.2 Å². The minimum atomic E-state index is 0.0656. The second kappa shape index (κ2) is 11.4. The first-order valence-corrected chi connectivity index (χ1v) is 16.7. The third-order valence-electron chi connectivity index (χ3n) is 9.87. The van der Waals surface area contributed by atoms with Crippen LogP contribution in [-0.4, -0.2) is 33.7 Å².